The minimum atomic E-state index is -6.02. The van der Waals surface area contributed by atoms with Gasteiger partial charge in [0.15, 0.2) is 0 Å². The normalized spacial score (nSPS) is 7.73. The van der Waals surface area contributed by atoms with Gasteiger partial charge in [-0.25, -0.2) is 0 Å². The minimum Gasteiger partial charge on any atom is 2.00 e. The molecule has 0 spiro atoms. The summed E-state index contributed by atoms with van der Waals surface area (Å²) in [6.07, 6.45) is 0. The number of halogens is 2. The molecule has 0 aromatic rings. The third-order valence-electron chi connectivity index (χ3n) is 0. The summed E-state index contributed by atoms with van der Waals surface area (Å²) in [5, 5.41) is 0. The minimum absolute atomic E-state index is 0. The van der Waals surface area contributed by atoms with Crippen LogP contribution < -0.4 is 39.9 Å². The van der Waals surface area contributed by atoms with Gasteiger partial charge in [-0.1, -0.05) is 0 Å². The SMILES string of the molecule is [Cl-].[Cl-].[O]=[Mo](=[O])([O-])[O-].[O]=[Mo](=[O])([O-])[O-].[Sn+2].[Sn+2].[Sn+2]. The number of hydrogen-bond acceptors (Lipinski definition) is 8. The average Bonchev–Trinajstić information content (AvgIpc) is 1.12. The summed E-state index contributed by atoms with van der Waals surface area (Å²) in [7, 11) is 0. The summed E-state index contributed by atoms with van der Waals surface area (Å²) >= 11 is -12.0. The van der Waals surface area contributed by atoms with Gasteiger partial charge in [0.1, 0.15) is 0 Å². The van der Waals surface area contributed by atoms with Crippen LogP contribution in [-0.4, -0.2) is 71.7 Å². The Labute approximate surface area is 156 Å². The quantitative estimate of drug-likeness (QED) is 0.221. The molecule has 0 atom stereocenters. The van der Waals surface area contributed by atoms with E-state index in [2.05, 4.69) is 0 Å². The predicted octanol–water partition coefficient (Wildman–Crippen LogP) is -12.4. The molecule has 0 N–H and O–H groups in total. The van der Waals surface area contributed by atoms with Crippen LogP contribution in [0.25, 0.3) is 0 Å². The molecule has 0 unspecified atom stereocenters. The molecule has 0 saturated heterocycles. The van der Waals surface area contributed by atoms with Gasteiger partial charge in [-0.3, -0.25) is 0 Å². The molecule has 0 saturated carbocycles. The van der Waals surface area contributed by atoms with Crippen LogP contribution in [-0.2, 0) is 47.1 Å². The molecule has 0 aliphatic heterocycles. The van der Waals surface area contributed by atoms with Crippen molar-refractivity contribution in [2.45, 2.75) is 0 Å². The zero-order chi connectivity index (χ0) is 9.00. The maximum absolute atomic E-state index is 8.63. The topological polar surface area (TPSA) is 161 Å². The van der Waals surface area contributed by atoms with Gasteiger partial charge in [-0.2, -0.15) is 0 Å². The summed E-state index contributed by atoms with van der Waals surface area (Å²) in [4.78, 5) is 0. The fourth-order valence-corrected chi connectivity index (χ4v) is 0. The number of rotatable bonds is 0. The second kappa shape index (κ2) is 19.7. The first kappa shape index (κ1) is 42.9. The van der Waals surface area contributed by atoms with Crippen LogP contribution in [0.1, 0.15) is 0 Å². The smallest absolute Gasteiger partial charge is 2.00 e. The predicted molar refractivity (Wildman–Crippen MR) is 20.0 cm³/mol. The van der Waals surface area contributed by atoms with Crippen LogP contribution in [0.4, 0.5) is 0 Å². The third kappa shape index (κ3) is 358. The molecule has 86 valence electrons. The Hall–Kier alpha value is 3.39. The van der Waals surface area contributed by atoms with E-state index in [9.17, 15) is 0 Å². The maximum atomic E-state index is 8.63. The van der Waals surface area contributed by atoms with Crippen molar-refractivity contribution in [2.75, 3.05) is 0 Å². The monoisotopic (exact) mass is 753 g/mol. The summed E-state index contributed by atoms with van der Waals surface area (Å²) in [6.45, 7) is 0. The zero-order valence-electron chi connectivity index (χ0n) is 6.34. The van der Waals surface area contributed by atoms with E-state index >= 15 is 0 Å². The van der Waals surface area contributed by atoms with Gasteiger partial charge in [0.05, 0.1) is 0 Å². The first-order valence-corrected chi connectivity index (χ1v) is 7.89. The van der Waals surface area contributed by atoms with Gasteiger partial charge in [0.25, 0.3) is 0 Å². The second-order valence-electron chi connectivity index (χ2n) is 0.816. The average molecular weight is 747 g/mol. The van der Waals surface area contributed by atoms with Crippen molar-refractivity contribution in [3.8, 4) is 0 Å². The van der Waals surface area contributed by atoms with Crippen LogP contribution >= 0.6 is 0 Å². The molecule has 15 heteroatoms. The molecule has 15 heavy (non-hydrogen) atoms. The van der Waals surface area contributed by atoms with Gasteiger partial charge in [-0.15, -0.1) is 0 Å². The molecule has 0 amide bonds. The van der Waals surface area contributed by atoms with E-state index in [1.165, 1.54) is 0 Å². The van der Waals surface area contributed by atoms with E-state index in [-0.39, 0.29) is 96.5 Å². The van der Waals surface area contributed by atoms with E-state index in [1.807, 2.05) is 0 Å². The Kier molecular flexibility index (Phi) is 56.4. The first-order valence-electron chi connectivity index (χ1n) is 1.33. The van der Waals surface area contributed by atoms with E-state index < -0.39 is 33.5 Å². The van der Waals surface area contributed by atoms with Crippen molar-refractivity contribution in [1.82, 2.24) is 0 Å². The van der Waals surface area contributed by atoms with Gasteiger partial charge in [0, 0.05) is 0 Å². The Morgan fingerprint density at radius 3 is 0.533 bits per heavy atom. The summed E-state index contributed by atoms with van der Waals surface area (Å²) in [6, 6.07) is 0. The first-order chi connectivity index (χ1) is 4.00. The van der Waals surface area contributed by atoms with Crippen molar-refractivity contribution < 1.29 is 86.9 Å². The standard InChI is InChI=1S/2ClH.2Mo.8O.3Sn/h2*1H;;;;;;;;;;;;;/q;;;;;;;;4*-1;3*+2/p-2. The van der Waals surface area contributed by atoms with Gasteiger partial charge in [-0.05, 0) is 0 Å². The Morgan fingerprint density at radius 1 is 0.533 bits per heavy atom. The third-order valence-corrected chi connectivity index (χ3v) is 0. The molecule has 0 aliphatic rings. The number of hydrogen-bond donors (Lipinski definition) is 0. The van der Waals surface area contributed by atoms with Crippen molar-refractivity contribution in [3.63, 3.8) is 0 Å². The van der Waals surface area contributed by atoms with Crippen LogP contribution in [0.5, 0.6) is 0 Å². The van der Waals surface area contributed by atoms with E-state index in [0.717, 1.165) is 0 Å². The Balaban J connectivity index is -0.0000000128. The van der Waals surface area contributed by atoms with Gasteiger partial charge in [0.2, 0.25) is 0 Å². The summed E-state index contributed by atoms with van der Waals surface area (Å²) < 4.78 is 69.0. The second-order valence-corrected chi connectivity index (χ2v) is 4.83. The fraction of sp³-hybridized carbons (Fsp3) is 0. The van der Waals surface area contributed by atoms with Crippen molar-refractivity contribution in [3.05, 3.63) is 0 Å². The van der Waals surface area contributed by atoms with E-state index in [1.54, 1.807) is 0 Å². The summed E-state index contributed by atoms with van der Waals surface area (Å²) in [5.74, 6) is 0. The van der Waals surface area contributed by atoms with Crippen molar-refractivity contribution in [1.29, 1.82) is 0 Å². The fourth-order valence-electron chi connectivity index (χ4n) is 0. The van der Waals surface area contributed by atoms with Crippen LogP contribution in [0, 0.1) is 0 Å². The van der Waals surface area contributed by atoms with Crippen LogP contribution in [0.3, 0.4) is 0 Å². The Morgan fingerprint density at radius 2 is 0.533 bits per heavy atom. The van der Waals surface area contributed by atoms with Gasteiger partial charge < -0.3 is 24.8 Å². The summed E-state index contributed by atoms with van der Waals surface area (Å²) in [5.41, 5.74) is 0. The molecule has 0 fully saturated rings. The van der Waals surface area contributed by atoms with E-state index in [0.29, 0.717) is 0 Å². The molecule has 8 nitrogen and oxygen atoms in total. The maximum Gasteiger partial charge on any atom is 2.00 e. The zero-order valence-corrected chi connectivity index (χ0v) is 20.4. The molecule has 0 rings (SSSR count). The molecular weight excluding hydrogens is 747 g/mol. The van der Waals surface area contributed by atoms with Crippen LogP contribution in [0.15, 0.2) is 0 Å². The largest absolute Gasteiger partial charge is 2.00 e. The van der Waals surface area contributed by atoms with Crippen LogP contribution in [0.2, 0.25) is 0 Å². The Bertz CT molecular complexity index is 222. The molecule has 6 radical (unpaired) electrons. The van der Waals surface area contributed by atoms with Crippen molar-refractivity contribution >= 4 is 71.7 Å². The molecule has 0 aliphatic carbocycles. The van der Waals surface area contributed by atoms with E-state index in [4.69, 9.17) is 28.6 Å². The molecule has 0 aromatic carbocycles. The molecule has 0 aromatic heterocycles. The molecular formula is Cl2Mo2O8Sn3. The molecule has 0 heterocycles. The molecule has 0 bridgehead atoms. The van der Waals surface area contributed by atoms with Crippen molar-refractivity contribution in [2.24, 2.45) is 0 Å². The van der Waals surface area contributed by atoms with Gasteiger partial charge >= 0.3 is 134 Å².